The van der Waals surface area contributed by atoms with Gasteiger partial charge < -0.3 is 9.64 Å². The third-order valence-corrected chi connectivity index (χ3v) is 4.05. The summed E-state index contributed by atoms with van der Waals surface area (Å²) in [5.74, 6) is 0. The molecule has 2 rings (SSSR count). The second kappa shape index (κ2) is 4.03. The zero-order valence-corrected chi connectivity index (χ0v) is 9.79. The number of rotatable bonds is 1. The largest absolute Gasteiger partial charge is 0.447 e. The molecule has 0 saturated carbocycles. The normalized spacial score (nSPS) is 36.8. The van der Waals surface area contributed by atoms with Gasteiger partial charge in [0.25, 0.3) is 0 Å². The molecule has 2 atom stereocenters. The molecule has 2 saturated heterocycles. The van der Waals surface area contributed by atoms with E-state index in [4.69, 9.17) is 4.74 Å². The van der Waals surface area contributed by atoms with E-state index in [9.17, 15) is 4.79 Å². The monoisotopic (exact) mass is 211 g/mol. The molecule has 86 valence electrons. The third kappa shape index (κ3) is 2.11. The molecule has 0 bridgehead atoms. The SMILES string of the molecule is CCC1(C)CCCCC2COC(=O)N2C1. The molecule has 0 aliphatic carbocycles. The second-order valence-corrected chi connectivity index (χ2v) is 5.27. The van der Waals surface area contributed by atoms with Gasteiger partial charge in [-0.3, -0.25) is 0 Å². The lowest BCUT2D eigenvalue weighted by Crippen LogP contribution is -2.42. The number of nitrogens with zero attached hydrogens (tertiary/aromatic N) is 1. The predicted molar refractivity (Wildman–Crippen MR) is 58.7 cm³/mol. The molecular formula is C12H21NO2. The van der Waals surface area contributed by atoms with Crippen molar-refractivity contribution in [3.63, 3.8) is 0 Å². The standard InChI is InChI=1S/C12H21NO2/c1-3-12(2)7-5-4-6-10-8-15-11(14)13(10)9-12/h10H,3-9H2,1-2H3. The summed E-state index contributed by atoms with van der Waals surface area (Å²) < 4.78 is 5.14. The van der Waals surface area contributed by atoms with E-state index in [2.05, 4.69) is 13.8 Å². The Morgan fingerprint density at radius 1 is 1.53 bits per heavy atom. The summed E-state index contributed by atoms with van der Waals surface area (Å²) in [5, 5.41) is 0. The van der Waals surface area contributed by atoms with E-state index in [1.165, 1.54) is 19.3 Å². The Morgan fingerprint density at radius 3 is 3.07 bits per heavy atom. The van der Waals surface area contributed by atoms with Gasteiger partial charge in [-0.15, -0.1) is 0 Å². The fourth-order valence-electron chi connectivity index (χ4n) is 2.63. The van der Waals surface area contributed by atoms with Crippen molar-refractivity contribution in [3.8, 4) is 0 Å². The number of hydrogen-bond donors (Lipinski definition) is 0. The van der Waals surface area contributed by atoms with Gasteiger partial charge in [-0.05, 0) is 24.7 Å². The van der Waals surface area contributed by atoms with Crippen molar-refractivity contribution in [1.82, 2.24) is 4.90 Å². The number of ether oxygens (including phenoxy) is 1. The van der Waals surface area contributed by atoms with E-state index >= 15 is 0 Å². The highest BCUT2D eigenvalue weighted by molar-refractivity contribution is 5.70. The van der Waals surface area contributed by atoms with Gasteiger partial charge in [0.15, 0.2) is 0 Å². The van der Waals surface area contributed by atoms with Crippen molar-refractivity contribution >= 4 is 6.09 Å². The van der Waals surface area contributed by atoms with Crippen LogP contribution in [0.3, 0.4) is 0 Å². The van der Waals surface area contributed by atoms with Crippen LogP contribution in [0.15, 0.2) is 0 Å². The van der Waals surface area contributed by atoms with E-state index in [0.717, 1.165) is 19.4 Å². The first-order chi connectivity index (χ1) is 7.14. The van der Waals surface area contributed by atoms with Crippen molar-refractivity contribution in [3.05, 3.63) is 0 Å². The Bertz CT molecular complexity index is 254. The van der Waals surface area contributed by atoms with Crippen LogP contribution in [-0.2, 0) is 4.74 Å². The summed E-state index contributed by atoms with van der Waals surface area (Å²) >= 11 is 0. The Hall–Kier alpha value is -0.730. The van der Waals surface area contributed by atoms with Crippen LogP contribution in [0.4, 0.5) is 4.79 Å². The van der Waals surface area contributed by atoms with E-state index in [1.807, 2.05) is 4.90 Å². The van der Waals surface area contributed by atoms with Crippen molar-refractivity contribution in [1.29, 1.82) is 0 Å². The zero-order chi connectivity index (χ0) is 10.9. The molecule has 3 nitrogen and oxygen atoms in total. The van der Waals surface area contributed by atoms with Gasteiger partial charge in [-0.1, -0.05) is 26.7 Å². The minimum Gasteiger partial charge on any atom is -0.447 e. The highest BCUT2D eigenvalue weighted by Crippen LogP contribution is 2.34. The molecule has 1 amide bonds. The highest BCUT2D eigenvalue weighted by atomic mass is 16.6. The Morgan fingerprint density at radius 2 is 2.33 bits per heavy atom. The molecule has 0 aromatic heterocycles. The predicted octanol–water partition coefficient (Wildman–Crippen LogP) is 2.80. The maximum Gasteiger partial charge on any atom is 0.410 e. The number of carbonyl (C=O) groups excluding carboxylic acids is 1. The molecule has 0 aromatic rings. The van der Waals surface area contributed by atoms with Crippen LogP contribution in [-0.4, -0.2) is 30.2 Å². The van der Waals surface area contributed by atoms with E-state index < -0.39 is 0 Å². The molecule has 2 heterocycles. The molecular weight excluding hydrogens is 190 g/mol. The van der Waals surface area contributed by atoms with E-state index in [-0.39, 0.29) is 6.09 Å². The Kier molecular flexibility index (Phi) is 2.89. The summed E-state index contributed by atoms with van der Waals surface area (Å²) in [5.41, 5.74) is 0.294. The number of hydrogen-bond acceptors (Lipinski definition) is 2. The fourth-order valence-corrected chi connectivity index (χ4v) is 2.63. The first kappa shape index (κ1) is 10.8. The van der Waals surface area contributed by atoms with Crippen molar-refractivity contribution in [2.45, 2.75) is 52.0 Å². The van der Waals surface area contributed by atoms with Crippen LogP contribution in [0, 0.1) is 5.41 Å². The topological polar surface area (TPSA) is 29.5 Å². The minimum absolute atomic E-state index is 0.0958. The lowest BCUT2D eigenvalue weighted by molar-refractivity contribution is 0.119. The van der Waals surface area contributed by atoms with Crippen LogP contribution in [0.2, 0.25) is 0 Å². The molecule has 2 unspecified atom stereocenters. The van der Waals surface area contributed by atoms with Crippen LogP contribution in [0.1, 0.15) is 46.0 Å². The Balaban J connectivity index is 2.12. The number of amides is 1. The van der Waals surface area contributed by atoms with Crippen molar-refractivity contribution in [2.24, 2.45) is 5.41 Å². The van der Waals surface area contributed by atoms with Gasteiger partial charge in [0.05, 0.1) is 6.04 Å². The number of fused-ring (bicyclic) bond motifs is 1. The van der Waals surface area contributed by atoms with Crippen LogP contribution >= 0.6 is 0 Å². The van der Waals surface area contributed by atoms with Crippen LogP contribution in [0.25, 0.3) is 0 Å². The summed E-state index contributed by atoms with van der Waals surface area (Å²) in [4.78, 5) is 13.5. The first-order valence-electron chi connectivity index (χ1n) is 6.08. The lowest BCUT2D eigenvalue weighted by atomic mass is 9.80. The maximum absolute atomic E-state index is 11.6. The first-order valence-corrected chi connectivity index (χ1v) is 6.08. The molecule has 2 aliphatic heterocycles. The molecule has 0 aromatic carbocycles. The zero-order valence-electron chi connectivity index (χ0n) is 9.79. The molecule has 2 fully saturated rings. The van der Waals surface area contributed by atoms with Gasteiger partial charge in [-0.2, -0.15) is 0 Å². The summed E-state index contributed by atoms with van der Waals surface area (Å²) in [6, 6.07) is 0.351. The van der Waals surface area contributed by atoms with Gasteiger partial charge in [0, 0.05) is 6.54 Å². The summed E-state index contributed by atoms with van der Waals surface area (Å²) in [6.07, 6.45) is 5.92. The summed E-state index contributed by atoms with van der Waals surface area (Å²) in [6.45, 7) is 6.00. The summed E-state index contributed by atoms with van der Waals surface area (Å²) in [7, 11) is 0. The van der Waals surface area contributed by atoms with Gasteiger partial charge in [0.1, 0.15) is 6.61 Å². The lowest BCUT2D eigenvalue weighted by Gasteiger charge is -2.36. The number of carbonyl (C=O) groups is 1. The molecule has 0 spiro atoms. The van der Waals surface area contributed by atoms with Gasteiger partial charge >= 0.3 is 6.09 Å². The van der Waals surface area contributed by atoms with Crippen molar-refractivity contribution < 1.29 is 9.53 Å². The Labute approximate surface area is 91.8 Å². The molecule has 3 heteroatoms. The second-order valence-electron chi connectivity index (χ2n) is 5.27. The quantitative estimate of drug-likeness (QED) is 0.667. The fraction of sp³-hybridized carbons (Fsp3) is 0.917. The van der Waals surface area contributed by atoms with Crippen LogP contribution < -0.4 is 0 Å². The van der Waals surface area contributed by atoms with E-state index in [1.54, 1.807) is 0 Å². The van der Waals surface area contributed by atoms with Gasteiger partial charge in [0.2, 0.25) is 0 Å². The van der Waals surface area contributed by atoms with E-state index in [0.29, 0.717) is 18.1 Å². The highest BCUT2D eigenvalue weighted by Gasteiger charge is 2.38. The van der Waals surface area contributed by atoms with Gasteiger partial charge in [-0.25, -0.2) is 4.79 Å². The third-order valence-electron chi connectivity index (χ3n) is 4.05. The van der Waals surface area contributed by atoms with Crippen molar-refractivity contribution in [2.75, 3.05) is 13.2 Å². The van der Waals surface area contributed by atoms with Crippen LogP contribution in [0.5, 0.6) is 0 Å². The average Bonchev–Trinajstić information content (AvgIpc) is 2.52. The minimum atomic E-state index is -0.0958. The molecule has 0 radical (unpaired) electrons. The smallest absolute Gasteiger partial charge is 0.410 e. The molecule has 15 heavy (non-hydrogen) atoms. The molecule has 0 N–H and O–H groups in total. The molecule has 2 aliphatic rings. The average molecular weight is 211 g/mol. The maximum atomic E-state index is 11.6. The number of cyclic esters (lactones) is 1.